The third-order valence-electron chi connectivity index (χ3n) is 7.16. The molecule has 2 atom stereocenters. The Balaban J connectivity index is 1.46. The molecule has 2 unspecified atom stereocenters. The van der Waals surface area contributed by atoms with Crippen LogP contribution >= 0.6 is 0 Å². The minimum atomic E-state index is -4.79. The molecular formula is C30H36F3N3O5. The number of rotatable bonds is 5. The molecule has 2 saturated heterocycles. The number of likely N-dealkylation sites (tertiary alicyclic amines) is 1. The second kappa shape index (κ2) is 12.4. The molecule has 222 valence electrons. The van der Waals surface area contributed by atoms with Gasteiger partial charge in [0.1, 0.15) is 11.4 Å². The molecular weight excluding hydrogens is 539 g/mol. The van der Waals surface area contributed by atoms with E-state index in [9.17, 15) is 27.6 Å². The Bertz CT molecular complexity index is 1210. The molecule has 2 aromatic rings. The summed E-state index contributed by atoms with van der Waals surface area (Å²) in [5, 5.41) is 0. The molecule has 0 saturated carbocycles. The minimum absolute atomic E-state index is 0.0245. The number of piperazine rings is 1. The van der Waals surface area contributed by atoms with Gasteiger partial charge in [-0.25, -0.2) is 9.59 Å². The average molecular weight is 576 g/mol. The second-order valence-electron chi connectivity index (χ2n) is 11.6. The Hall–Kier alpha value is -3.76. The second-order valence-corrected chi connectivity index (χ2v) is 11.6. The van der Waals surface area contributed by atoms with Crippen LogP contribution in [-0.2, 0) is 4.74 Å². The van der Waals surface area contributed by atoms with Crippen LogP contribution in [0.15, 0.2) is 54.6 Å². The zero-order valence-electron chi connectivity index (χ0n) is 23.5. The lowest BCUT2D eigenvalue weighted by Crippen LogP contribution is -2.56. The quantitative estimate of drug-likeness (QED) is 0.413. The highest BCUT2D eigenvalue weighted by atomic mass is 19.4. The zero-order chi connectivity index (χ0) is 29.8. The third-order valence-corrected chi connectivity index (χ3v) is 7.16. The monoisotopic (exact) mass is 575 g/mol. The summed E-state index contributed by atoms with van der Waals surface area (Å²) in [5.74, 6) is -0.656. The Kier molecular flexibility index (Phi) is 9.14. The van der Waals surface area contributed by atoms with Gasteiger partial charge in [0.2, 0.25) is 0 Å². The molecule has 0 aromatic heterocycles. The molecule has 2 aliphatic heterocycles. The topological polar surface area (TPSA) is 79.4 Å². The fraction of sp³-hybridized carbons (Fsp3) is 0.500. The van der Waals surface area contributed by atoms with Crippen molar-refractivity contribution in [2.45, 2.75) is 51.5 Å². The first-order valence-corrected chi connectivity index (χ1v) is 13.7. The van der Waals surface area contributed by atoms with E-state index in [0.717, 1.165) is 5.56 Å². The van der Waals surface area contributed by atoms with Crippen molar-refractivity contribution in [3.05, 3.63) is 65.7 Å². The number of ketones is 1. The summed E-state index contributed by atoms with van der Waals surface area (Å²) in [6.45, 7) is 7.51. The van der Waals surface area contributed by atoms with Gasteiger partial charge in [-0.05, 0) is 50.8 Å². The van der Waals surface area contributed by atoms with E-state index in [0.29, 0.717) is 51.3 Å². The predicted octanol–water partition coefficient (Wildman–Crippen LogP) is 5.94. The van der Waals surface area contributed by atoms with E-state index in [2.05, 4.69) is 4.74 Å². The summed E-state index contributed by atoms with van der Waals surface area (Å²) in [7, 11) is 0. The summed E-state index contributed by atoms with van der Waals surface area (Å²) in [5.41, 5.74) is 0.749. The first-order chi connectivity index (χ1) is 19.3. The van der Waals surface area contributed by atoms with E-state index in [4.69, 9.17) is 4.74 Å². The molecule has 8 nitrogen and oxygen atoms in total. The number of Topliss-reactive ketones (excluding diaryl/α,β-unsaturated/α-hetero) is 1. The van der Waals surface area contributed by atoms with Crippen molar-refractivity contribution in [3.63, 3.8) is 0 Å². The SMILES string of the molecule is CC(C)(C)OC(=O)N1CCN(C(=O)N2CC(CC(=O)c3ccccc3)CC(c3ccc(OC(F)(F)F)cc3)C2)CC1. The Morgan fingerprint density at radius 1 is 0.829 bits per heavy atom. The van der Waals surface area contributed by atoms with Gasteiger partial charge in [-0.1, -0.05) is 42.5 Å². The fourth-order valence-electron chi connectivity index (χ4n) is 5.30. The van der Waals surface area contributed by atoms with E-state index < -0.39 is 18.1 Å². The summed E-state index contributed by atoms with van der Waals surface area (Å²) in [4.78, 5) is 44.1. The van der Waals surface area contributed by atoms with Gasteiger partial charge >= 0.3 is 18.5 Å². The first-order valence-electron chi connectivity index (χ1n) is 13.7. The maximum absolute atomic E-state index is 13.6. The molecule has 0 spiro atoms. The molecule has 3 amide bonds. The van der Waals surface area contributed by atoms with Crippen LogP contribution < -0.4 is 4.74 Å². The third kappa shape index (κ3) is 8.61. The van der Waals surface area contributed by atoms with Crippen molar-refractivity contribution in [1.29, 1.82) is 0 Å². The van der Waals surface area contributed by atoms with Crippen molar-refractivity contribution in [1.82, 2.24) is 14.7 Å². The summed E-state index contributed by atoms with van der Waals surface area (Å²) < 4.78 is 47.4. The van der Waals surface area contributed by atoms with Gasteiger partial charge in [0.05, 0.1) is 0 Å². The van der Waals surface area contributed by atoms with Crippen molar-refractivity contribution >= 4 is 17.9 Å². The van der Waals surface area contributed by atoms with Crippen LogP contribution in [0.1, 0.15) is 55.5 Å². The van der Waals surface area contributed by atoms with E-state index in [1.165, 1.54) is 12.1 Å². The Morgan fingerprint density at radius 2 is 1.44 bits per heavy atom. The van der Waals surface area contributed by atoms with Crippen LogP contribution in [0.4, 0.5) is 22.8 Å². The molecule has 0 aliphatic carbocycles. The van der Waals surface area contributed by atoms with Crippen LogP contribution in [0.3, 0.4) is 0 Å². The number of piperidine rings is 1. The number of halogens is 3. The van der Waals surface area contributed by atoms with Gasteiger partial charge in [0.25, 0.3) is 0 Å². The number of ether oxygens (including phenoxy) is 2. The fourth-order valence-corrected chi connectivity index (χ4v) is 5.30. The van der Waals surface area contributed by atoms with Gasteiger partial charge in [-0.2, -0.15) is 0 Å². The lowest BCUT2D eigenvalue weighted by Gasteiger charge is -2.42. The molecule has 0 N–H and O–H groups in total. The molecule has 4 rings (SSSR count). The van der Waals surface area contributed by atoms with Crippen LogP contribution in [0.2, 0.25) is 0 Å². The largest absolute Gasteiger partial charge is 0.573 e. The first kappa shape index (κ1) is 30.2. The maximum Gasteiger partial charge on any atom is 0.573 e. The van der Waals surface area contributed by atoms with E-state index in [1.54, 1.807) is 71.9 Å². The molecule has 2 aromatic carbocycles. The van der Waals surface area contributed by atoms with Crippen molar-refractivity contribution in [2.24, 2.45) is 5.92 Å². The van der Waals surface area contributed by atoms with Gasteiger partial charge in [-0.15, -0.1) is 13.2 Å². The predicted molar refractivity (Wildman–Crippen MR) is 146 cm³/mol. The summed E-state index contributed by atoms with van der Waals surface area (Å²) in [6, 6.07) is 14.5. The number of alkyl halides is 3. The molecule has 0 radical (unpaired) electrons. The molecule has 41 heavy (non-hydrogen) atoms. The smallest absolute Gasteiger partial charge is 0.444 e. The molecule has 2 heterocycles. The Morgan fingerprint density at radius 3 is 2.02 bits per heavy atom. The highest BCUT2D eigenvalue weighted by Crippen LogP contribution is 2.34. The maximum atomic E-state index is 13.6. The van der Waals surface area contributed by atoms with Crippen LogP contribution in [0.25, 0.3) is 0 Å². The summed E-state index contributed by atoms with van der Waals surface area (Å²) >= 11 is 0. The highest BCUT2D eigenvalue weighted by Gasteiger charge is 2.36. The lowest BCUT2D eigenvalue weighted by molar-refractivity contribution is -0.274. The molecule has 2 aliphatic rings. The molecule has 11 heteroatoms. The van der Waals surface area contributed by atoms with Gasteiger partial charge in [0.15, 0.2) is 5.78 Å². The number of hydrogen-bond donors (Lipinski definition) is 0. The number of carbonyl (C=O) groups is 3. The normalized spacial score (nSPS) is 20.0. The Labute approximate surface area is 238 Å². The van der Waals surface area contributed by atoms with Crippen molar-refractivity contribution in [2.75, 3.05) is 39.3 Å². The number of carbonyl (C=O) groups excluding carboxylic acids is 3. The number of benzene rings is 2. The number of urea groups is 1. The van der Waals surface area contributed by atoms with E-state index in [1.807, 2.05) is 6.07 Å². The van der Waals surface area contributed by atoms with Crippen LogP contribution in [-0.4, -0.2) is 83.8 Å². The number of hydrogen-bond acceptors (Lipinski definition) is 5. The average Bonchev–Trinajstić information content (AvgIpc) is 2.91. The van der Waals surface area contributed by atoms with Crippen LogP contribution in [0, 0.1) is 5.92 Å². The number of nitrogens with zero attached hydrogens (tertiary/aromatic N) is 3. The molecule has 2 fully saturated rings. The van der Waals surface area contributed by atoms with Gasteiger partial charge < -0.3 is 24.2 Å². The van der Waals surface area contributed by atoms with Crippen molar-refractivity contribution < 1.29 is 37.0 Å². The van der Waals surface area contributed by atoms with Crippen molar-refractivity contribution in [3.8, 4) is 5.75 Å². The molecule has 0 bridgehead atoms. The lowest BCUT2D eigenvalue weighted by atomic mass is 9.81. The summed E-state index contributed by atoms with van der Waals surface area (Å²) in [6.07, 6.45) is -4.35. The number of amides is 3. The van der Waals surface area contributed by atoms with E-state index >= 15 is 0 Å². The minimum Gasteiger partial charge on any atom is -0.444 e. The van der Waals surface area contributed by atoms with E-state index in [-0.39, 0.29) is 35.8 Å². The zero-order valence-corrected chi connectivity index (χ0v) is 23.5. The highest BCUT2D eigenvalue weighted by molar-refractivity contribution is 5.96. The standard InChI is InChI=1S/C30H36F3N3O5/c1-29(2,3)41-28(39)35-15-13-34(14-16-35)27(38)36-19-21(18-26(37)23-7-5-4-6-8-23)17-24(20-36)22-9-11-25(12-10-22)40-30(31,32)33/h4-12,21,24H,13-20H2,1-3H3. The van der Waals surface area contributed by atoms with Crippen LogP contribution in [0.5, 0.6) is 5.75 Å². The van der Waals surface area contributed by atoms with Gasteiger partial charge in [-0.3, -0.25) is 4.79 Å². The van der Waals surface area contributed by atoms with Gasteiger partial charge in [0, 0.05) is 57.2 Å².